The lowest BCUT2D eigenvalue weighted by molar-refractivity contribution is 0.197. The van der Waals surface area contributed by atoms with Crippen molar-refractivity contribution in [2.45, 2.75) is 6.54 Å². The number of urea groups is 1. The Labute approximate surface area is 104 Å². The number of likely N-dealkylation sites (N-methyl/N-ethyl adjacent to an activating group) is 1. The summed E-state index contributed by atoms with van der Waals surface area (Å²) in [5, 5.41) is 0.904. The summed E-state index contributed by atoms with van der Waals surface area (Å²) in [6.07, 6.45) is 1.61. The van der Waals surface area contributed by atoms with Gasteiger partial charge in [0, 0.05) is 31.9 Å². The fourth-order valence-electron chi connectivity index (χ4n) is 1.61. The minimum atomic E-state index is 0.0195. The van der Waals surface area contributed by atoms with Crippen molar-refractivity contribution in [3.8, 4) is 0 Å². The highest BCUT2D eigenvalue weighted by Crippen LogP contribution is 2.21. The quantitative estimate of drug-likeness (QED) is 0.765. The second kappa shape index (κ2) is 4.47. The van der Waals surface area contributed by atoms with Crippen molar-refractivity contribution in [3.05, 3.63) is 28.0 Å². The number of carbonyl (C=O) groups is 1. The molecule has 4 nitrogen and oxygen atoms in total. The molecule has 1 aliphatic heterocycles. The Balaban J connectivity index is 2.12. The van der Waals surface area contributed by atoms with Crippen LogP contribution in [0.2, 0.25) is 10.2 Å². The Bertz CT molecular complexity index is 425. The zero-order valence-corrected chi connectivity index (χ0v) is 10.3. The molecule has 1 aliphatic rings. The summed E-state index contributed by atoms with van der Waals surface area (Å²) in [5.41, 5.74) is 0.815. The first-order chi connectivity index (χ1) is 7.58. The van der Waals surface area contributed by atoms with Gasteiger partial charge in [-0.05, 0) is 6.07 Å². The van der Waals surface area contributed by atoms with Crippen molar-refractivity contribution in [2.75, 3.05) is 20.1 Å². The summed E-state index contributed by atoms with van der Waals surface area (Å²) in [4.78, 5) is 19.0. The van der Waals surface area contributed by atoms with Crippen LogP contribution >= 0.6 is 23.2 Å². The molecule has 0 aliphatic carbocycles. The third-order valence-corrected chi connectivity index (χ3v) is 3.12. The van der Waals surface area contributed by atoms with E-state index in [9.17, 15) is 4.79 Å². The summed E-state index contributed by atoms with van der Waals surface area (Å²) < 4.78 is 0. The SMILES string of the molecule is CN1CCN(Cc2cnc(Cl)cc2Cl)C1=O. The number of hydrogen-bond acceptors (Lipinski definition) is 2. The van der Waals surface area contributed by atoms with E-state index in [0.717, 1.165) is 12.1 Å². The Morgan fingerprint density at radius 3 is 2.75 bits per heavy atom. The van der Waals surface area contributed by atoms with Gasteiger partial charge in [-0.25, -0.2) is 9.78 Å². The normalized spacial score (nSPS) is 16.1. The molecule has 0 N–H and O–H groups in total. The summed E-state index contributed by atoms with van der Waals surface area (Å²) in [6, 6.07) is 1.61. The monoisotopic (exact) mass is 259 g/mol. The van der Waals surface area contributed by atoms with Crippen LogP contribution in [0.4, 0.5) is 4.79 Å². The highest BCUT2D eigenvalue weighted by Gasteiger charge is 2.25. The van der Waals surface area contributed by atoms with E-state index in [0.29, 0.717) is 23.3 Å². The molecule has 86 valence electrons. The third-order valence-electron chi connectivity index (χ3n) is 2.56. The molecular formula is C10H11Cl2N3O. The van der Waals surface area contributed by atoms with Crippen molar-refractivity contribution in [3.63, 3.8) is 0 Å². The lowest BCUT2D eigenvalue weighted by Gasteiger charge is -2.16. The van der Waals surface area contributed by atoms with Crippen LogP contribution in [-0.4, -0.2) is 41.0 Å². The van der Waals surface area contributed by atoms with E-state index in [4.69, 9.17) is 23.2 Å². The average molecular weight is 260 g/mol. The number of hydrogen-bond donors (Lipinski definition) is 0. The van der Waals surface area contributed by atoms with Gasteiger partial charge in [0.15, 0.2) is 0 Å². The molecule has 1 saturated heterocycles. The van der Waals surface area contributed by atoms with Gasteiger partial charge in [0.25, 0.3) is 0 Å². The molecule has 1 fully saturated rings. The fourth-order valence-corrected chi connectivity index (χ4v) is 2.03. The van der Waals surface area contributed by atoms with Gasteiger partial charge in [0.2, 0.25) is 0 Å². The molecule has 2 amide bonds. The molecule has 0 aromatic carbocycles. The van der Waals surface area contributed by atoms with E-state index in [2.05, 4.69) is 4.98 Å². The van der Waals surface area contributed by atoms with Gasteiger partial charge in [-0.1, -0.05) is 23.2 Å². The van der Waals surface area contributed by atoms with Gasteiger partial charge in [0.1, 0.15) is 5.15 Å². The van der Waals surface area contributed by atoms with Crippen LogP contribution in [0.3, 0.4) is 0 Å². The second-order valence-electron chi connectivity index (χ2n) is 3.72. The van der Waals surface area contributed by atoms with Crippen LogP contribution in [0.25, 0.3) is 0 Å². The number of nitrogens with zero attached hydrogens (tertiary/aromatic N) is 3. The second-order valence-corrected chi connectivity index (χ2v) is 4.52. The third kappa shape index (κ3) is 2.23. The number of carbonyl (C=O) groups excluding carboxylic acids is 1. The maximum absolute atomic E-state index is 11.7. The van der Waals surface area contributed by atoms with Crippen molar-refractivity contribution >= 4 is 29.2 Å². The zero-order valence-electron chi connectivity index (χ0n) is 8.78. The first-order valence-corrected chi connectivity index (χ1v) is 5.63. The highest BCUT2D eigenvalue weighted by molar-refractivity contribution is 6.34. The number of halogens is 2. The predicted molar refractivity (Wildman–Crippen MR) is 62.7 cm³/mol. The fraction of sp³-hybridized carbons (Fsp3) is 0.400. The smallest absolute Gasteiger partial charge is 0.320 e. The molecule has 1 aromatic heterocycles. The molecule has 2 heterocycles. The van der Waals surface area contributed by atoms with Crippen molar-refractivity contribution in [1.82, 2.24) is 14.8 Å². The standard InChI is InChI=1S/C10H11Cl2N3O/c1-14-2-3-15(10(14)16)6-7-5-13-9(12)4-8(7)11/h4-5H,2-3,6H2,1H3. The molecule has 0 atom stereocenters. The summed E-state index contributed by atoms with van der Waals surface area (Å²) in [7, 11) is 1.78. The van der Waals surface area contributed by atoms with E-state index in [1.807, 2.05) is 0 Å². The van der Waals surface area contributed by atoms with Gasteiger partial charge in [-0.2, -0.15) is 0 Å². The van der Waals surface area contributed by atoms with Crippen LogP contribution in [0.1, 0.15) is 5.56 Å². The van der Waals surface area contributed by atoms with Crippen molar-refractivity contribution < 1.29 is 4.79 Å². The maximum atomic E-state index is 11.7. The van der Waals surface area contributed by atoms with E-state index in [1.165, 1.54) is 0 Å². The number of pyridine rings is 1. The van der Waals surface area contributed by atoms with Crippen LogP contribution in [-0.2, 0) is 6.54 Å². The molecule has 16 heavy (non-hydrogen) atoms. The first kappa shape index (κ1) is 11.5. The van der Waals surface area contributed by atoms with Crippen molar-refractivity contribution in [2.24, 2.45) is 0 Å². The number of rotatable bonds is 2. The molecule has 0 radical (unpaired) electrons. The molecule has 0 spiro atoms. The molecule has 0 unspecified atom stereocenters. The number of aromatic nitrogens is 1. The molecule has 0 saturated carbocycles. The van der Waals surface area contributed by atoms with E-state index in [-0.39, 0.29) is 6.03 Å². The minimum Gasteiger partial charge on any atom is -0.326 e. The van der Waals surface area contributed by atoms with Crippen molar-refractivity contribution in [1.29, 1.82) is 0 Å². The maximum Gasteiger partial charge on any atom is 0.320 e. The van der Waals surface area contributed by atoms with E-state index >= 15 is 0 Å². The molecule has 2 rings (SSSR count). The lowest BCUT2D eigenvalue weighted by atomic mass is 10.2. The van der Waals surface area contributed by atoms with Gasteiger partial charge in [-0.3, -0.25) is 0 Å². The predicted octanol–water partition coefficient (Wildman–Crippen LogP) is 2.26. The van der Waals surface area contributed by atoms with Gasteiger partial charge in [-0.15, -0.1) is 0 Å². The van der Waals surface area contributed by atoms with Gasteiger partial charge >= 0.3 is 6.03 Å². The molecular weight excluding hydrogens is 249 g/mol. The molecule has 6 heteroatoms. The van der Waals surface area contributed by atoms with Crippen LogP contribution in [0, 0.1) is 0 Å². The lowest BCUT2D eigenvalue weighted by Crippen LogP contribution is -2.29. The largest absolute Gasteiger partial charge is 0.326 e. The molecule has 0 bridgehead atoms. The highest BCUT2D eigenvalue weighted by atomic mass is 35.5. The van der Waals surface area contributed by atoms with Crippen LogP contribution in [0.15, 0.2) is 12.3 Å². The van der Waals surface area contributed by atoms with Crippen LogP contribution < -0.4 is 0 Å². The van der Waals surface area contributed by atoms with E-state index in [1.54, 1.807) is 29.1 Å². The Hall–Kier alpha value is -1.00. The minimum absolute atomic E-state index is 0.0195. The first-order valence-electron chi connectivity index (χ1n) is 4.88. The Morgan fingerprint density at radius 1 is 1.44 bits per heavy atom. The number of amides is 2. The summed E-state index contributed by atoms with van der Waals surface area (Å²) in [6.45, 7) is 1.94. The topological polar surface area (TPSA) is 36.4 Å². The van der Waals surface area contributed by atoms with Crippen LogP contribution in [0.5, 0.6) is 0 Å². The average Bonchev–Trinajstić information content (AvgIpc) is 2.54. The summed E-state index contributed by atoms with van der Waals surface area (Å²) in [5.74, 6) is 0. The zero-order chi connectivity index (χ0) is 11.7. The van der Waals surface area contributed by atoms with Gasteiger partial charge < -0.3 is 9.80 Å². The Morgan fingerprint density at radius 2 is 2.19 bits per heavy atom. The van der Waals surface area contributed by atoms with E-state index < -0.39 is 0 Å². The summed E-state index contributed by atoms with van der Waals surface area (Å²) >= 11 is 11.7. The Kier molecular flexibility index (Phi) is 3.21. The van der Waals surface area contributed by atoms with Gasteiger partial charge in [0.05, 0.1) is 11.6 Å². The molecule has 1 aromatic rings.